The van der Waals surface area contributed by atoms with Crippen LogP contribution in [0.3, 0.4) is 0 Å². The normalized spacial score (nSPS) is 14.6. The highest BCUT2D eigenvalue weighted by Gasteiger charge is 2.33. The summed E-state index contributed by atoms with van der Waals surface area (Å²) in [7, 11) is 1.42. The third-order valence-corrected chi connectivity index (χ3v) is 4.51. The third-order valence-electron chi connectivity index (χ3n) is 4.51. The van der Waals surface area contributed by atoms with Crippen LogP contribution in [0.1, 0.15) is 41.0 Å². The zero-order valence-electron chi connectivity index (χ0n) is 19.7. The number of rotatable bonds is 8. The standard InChI is InChI=1S/C21H31FN6O5/c1-8-21(31-7,11-32-18(29)24-13(2)3)9-10-28-12-23-14-15(25-17(22)27-16(14)28)26-19(30)33-20(4,5)6/h1,13,23H,9-12H2,2-7H3,(H,24,29)(H,25,26,27,30). The smallest absolute Gasteiger partial charge is 0.413 e. The molecule has 2 heterocycles. The van der Waals surface area contributed by atoms with Crippen molar-refractivity contribution in [2.45, 2.75) is 58.3 Å². The van der Waals surface area contributed by atoms with Crippen LogP contribution in [0.2, 0.25) is 0 Å². The first-order valence-electron chi connectivity index (χ1n) is 10.4. The topological polar surface area (TPSA) is 127 Å². The average Bonchev–Trinajstić information content (AvgIpc) is 3.09. The van der Waals surface area contributed by atoms with Crippen molar-refractivity contribution in [3.8, 4) is 12.3 Å². The van der Waals surface area contributed by atoms with Crippen LogP contribution < -0.4 is 20.9 Å². The van der Waals surface area contributed by atoms with Crippen molar-refractivity contribution >= 4 is 29.5 Å². The predicted octanol–water partition coefficient (Wildman–Crippen LogP) is 2.70. The summed E-state index contributed by atoms with van der Waals surface area (Å²) >= 11 is 0. The number of alkyl carbamates (subject to hydrolysis) is 1. The van der Waals surface area contributed by atoms with Gasteiger partial charge in [-0.25, -0.2) is 9.59 Å². The van der Waals surface area contributed by atoms with Gasteiger partial charge in [-0.1, -0.05) is 5.92 Å². The van der Waals surface area contributed by atoms with Gasteiger partial charge in [0.15, 0.2) is 17.2 Å². The summed E-state index contributed by atoms with van der Waals surface area (Å²) in [5.74, 6) is 2.74. The molecular weight excluding hydrogens is 435 g/mol. The van der Waals surface area contributed by atoms with Gasteiger partial charge in [0.1, 0.15) is 17.9 Å². The van der Waals surface area contributed by atoms with Gasteiger partial charge < -0.3 is 29.7 Å². The molecule has 1 aliphatic rings. The van der Waals surface area contributed by atoms with Crippen LogP contribution in [0.25, 0.3) is 0 Å². The second-order valence-electron chi connectivity index (χ2n) is 8.73. The molecule has 182 valence electrons. The molecule has 0 radical (unpaired) electrons. The Labute approximate surface area is 192 Å². The molecule has 0 saturated carbocycles. The number of nitrogens with zero attached hydrogens (tertiary/aromatic N) is 3. The van der Waals surface area contributed by atoms with Crippen LogP contribution in [0.4, 0.5) is 31.3 Å². The summed E-state index contributed by atoms with van der Waals surface area (Å²) in [6.45, 7) is 9.11. The Kier molecular flexibility index (Phi) is 8.27. The molecule has 33 heavy (non-hydrogen) atoms. The number of hydrogen-bond donors (Lipinski definition) is 3. The van der Waals surface area contributed by atoms with Gasteiger partial charge in [0.05, 0.1) is 6.67 Å². The van der Waals surface area contributed by atoms with E-state index in [4.69, 9.17) is 20.6 Å². The maximum Gasteiger partial charge on any atom is 0.413 e. The number of halogens is 1. The summed E-state index contributed by atoms with van der Waals surface area (Å²) in [6, 6.07) is -0.0921. The molecule has 0 fully saturated rings. The molecular formula is C21H31FN6O5. The molecule has 11 nitrogen and oxygen atoms in total. The van der Waals surface area contributed by atoms with Crippen molar-refractivity contribution in [3.05, 3.63) is 6.08 Å². The van der Waals surface area contributed by atoms with Gasteiger partial charge in [-0.3, -0.25) is 5.32 Å². The van der Waals surface area contributed by atoms with Crippen LogP contribution in [-0.4, -0.2) is 66.3 Å². The minimum atomic E-state index is -1.19. The van der Waals surface area contributed by atoms with E-state index in [0.717, 1.165) is 0 Å². The van der Waals surface area contributed by atoms with Crippen molar-refractivity contribution in [2.24, 2.45) is 0 Å². The number of anilines is 3. The van der Waals surface area contributed by atoms with Gasteiger partial charge in [-0.15, -0.1) is 6.42 Å². The summed E-state index contributed by atoms with van der Waals surface area (Å²) < 4.78 is 30.0. The van der Waals surface area contributed by atoms with E-state index >= 15 is 0 Å². The van der Waals surface area contributed by atoms with E-state index in [-0.39, 0.29) is 43.9 Å². The lowest BCUT2D eigenvalue weighted by Crippen LogP contribution is -2.42. The van der Waals surface area contributed by atoms with E-state index in [0.29, 0.717) is 5.69 Å². The van der Waals surface area contributed by atoms with Crippen LogP contribution in [0, 0.1) is 18.4 Å². The Morgan fingerprint density at radius 2 is 2.00 bits per heavy atom. The Morgan fingerprint density at radius 3 is 2.58 bits per heavy atom. The molecule has 2 rings (SSSR count). The van der Waals surface area contributed by atoms with Crippen molar-refractivity contribution in [3.63, 3.8) is 0 Å². The second kappa shape index (κ2) is 10.5. The molecule has 2 amide bonds. The molecule has 0 aromatic carbocycles. The number of hydrogen-bond acceptors (Lipinski definition) is 9. The largest absolute Gasteiger partial charge is 0.445 e. The Hall–Kier alpha value is -3.33. The minimum Gasteiger partial charge on any atom is -0.445 e. The van der Waals surface area contributed by atoms with Crippen molar-refractivity contribution < 1.29 is 28.2 Å². The number of nitrogens with one attached hydrogen (secondary N) is 3. The third kappa shape index (κ3) is 7.35. The zero-order valence-corrected chi connectivity index (χ0v) is 19.7. The quantitative estimate of drug-likeness (QED) is 0.391. The molecule has 0 aliphatic carbocycles. The molecule has 3 N–H and O–H groups in total. The van der Waals surface area contributed by atoms with Crippen LogP contribution in [0.15, 0.2) is 0 Å². The van der Waals surface area contributed by atoms with Gasteiger partial charge in [0, 0.05) is 26.1 Å². The van der Waals surface area contributed by atoms with Crippen LogP contribution in [-0.2, 0) is 14.2 Å². The monoisotopic (exact) mass is 466 g/mol. The van der Waals surface area contributed by atoms with Gasteiger partial charge in [-0.2, -0.15) is 14.4 Å². The fourth-order valence-corrected chi connectivity index (χ4v) is 2.92. The molecule has 0 bridgehead atoms. The van der Waals surface area contributed by atoms with Gasteiger partial charge >= 0.3 is 18.3 Å². The number of ether oxygens (including phenoxy) is 3. The van der Waals surface area contributed by atoms with Crippen molar-refractivity contribution in [2.75, 3.05) is 42.5 Å². The van der Waals surface area contributed by atoms with E-state index in [1.165, 1.54) is 7.11 Å². The first-order valence-corrected chi connectivity index (χ1v) is 10.4. The van der Waals surface area contributed by atoms with Gasteiger partial charge in [-0.05, 0) is 34.6 Å². The van der Waals surface area contributed by atoms with E-state index in [1.54, 1.807) is 39.5 Å². The molecule has 1 aliphatic heterocycles. The Morgan fingerprint density at radius 1 is 1.30 bits per heavy atom. The number of carbonyl (C=O) groups is 2. The molecule has 1 unspecified atom stereocenters. The number of amides is 2. The molecule has 12 heteroatoms. The number of aromatic nitrogens is 2. The fourth-order valence-electron chi connectivity index (χ4n) is 2.92. The van der Waals surface area contributed by atoms with Crippen molar-refractivity contribution in [1.82, 2.24) is 15.3 Å². The first-order chi connectivity index (χ1) is 15.4. The van der Waals surface area contributed by atoms with E-state index < -0.39 is 29.5 Å². The molecule has 0 saturated heterocycles. The minimum absolute atomic E-state index is 0.0436. The Bertz CT molecular complexity index is 914. The first kappa shape index (κ1) is 25.9. The Balaban J connectivity index is 2.11. The maximum atomic E-state index is 14.1. The molecule has 1 aromatic rings. The number of terminal acetylenes is 1. The number of methoxy groups -OCH3 is 1. The van der Waals surface area contributed by atoms with Crippen molar-refractivity contribution in [1.29, 1.82) is 0 Å². The summed E-state index contributed by atoms with van der Waals surface area (Å²) in [6.07, 6.45) is 3.52. The van der Waals surface area contributed by atoms with E-state index in [2.05, 4.69) is 31.8 Å². The lowest BCUT2D eigenvalue weighted by molar-refractivity contribution is -0.0178. The second-order valence-corrected chi connectivity index (χ2v) is 8.73. The summed E-state index contributed by atoms with van der Waals surface area (Å²) in [5.41, 5.74) is -1.58. The lowest BCUT2D eigenvalue weighted by atomic mass is 10.0. The highest BCUT2D eigenvalue weighted by Crippen LogP contribution is 2.35. The predicted molar refractivity (Wildman–Crippen MR) is 120 cm³/mol. The maximum absolute atomic E-state index is 14.1. The van der Waals surface area contributed by atoms with Gasteiger partial charge in [0.25, 0.3) is 0 Å². The van der Waals surface area contributed by atoms with Crippen LogP contribution >= 0.6 is 0 Å². The molecule has 1 aromatic heterocycles. The molecule has 0 spiro atoms. The highest BCUT2D eigenvalue weighted by atomic mass is 19.1. The van der Waals surface area contributed by atoms with Crippen LogP contribution in [0.5, 0.6) is 0 Å². The summed E-state index contributed by atoms with van der Waals surface area (Å²) in [4.78, 5) is 33.1. The molecule has 1 atom stereocenters. The number of fused-ring (bicyclic) bond motifs is 1. The lowest BCUT2D eigenvalue weighted by Gasteiger charge is -2.29. The SMILES string of the molecule is C#CC(CCN1CNc2c(NC(=O)OC(C)(C)C)nc(F)nc21)(COC(=O)NC(C)C)OC. The highest BCUT2D eigenvalue weighted by molar-refractivity contribution is 5.92. The van der Waals surface area contributed by atoms with E-state index in [9.17, 15) is 14.0 Å². The van der Waals surface area contributed by atoms with Gasteiger partial charge in [0.2, 0.25) is 0 Å². The zero-order chi connectivity index (χ0) is 24.8. The fraction of sp³-hybridized carbons (Fsp3) is 0.619. The number of carbonyl (C=O) groups excluding carboxylic acids is 2. The summed E-state index contributed by atoms with van der Waals surface area (Å²) in [5, 5.41) is 8.08. The average molecular weight is 467 g/mol. The van der Waals surface area contributed by atoms with E-state index in [1.807, 2.05) is 0 Å².